The number of ketones is 1. The number of methoxy groups -OCH3 is 2. The average molecular weight is 483 g/mol. The monoisotopic (exact) mass is 482 g/mol. The van der Waals surface area contributed by atoms with E-state index in [1.54, 1.807) is 29.7 Å². The Bertz CT molecular complexity index is 1230. The lowest BCUT2D eigenvalue weighted by Gasteiger charge is -2.15. The number of hydrogen-bond acceptors (Lipinski definition) is 7. The van der Waals surface area contributed by atoms with Gasteiger partial charge in [-0.05, 0) is 31.4 Å². The zero-order valence-corrected chi connectivity index (χ0v) is 20.3. The number of hydrogen-bond donors (Lipinski definition) is 1. The Morgan fingerprint density at radius 1 is 1.09 bits per heavy atom. The summed E-state index contributed by atoms with van der Waals surface area (Å²) in [5, 5.41) is 4.48. The van der Waals surface area contributed by atoms with E-state index in [1.807, 2.05) is 18.4 Å². The highest BCUT2D eigenvalue weighted by molar-refractivity contribution is 7.12. The maximum absolute atomic E-state index is 13.0. The van der Waals surface area contributed by atoms with Gasteiger partial charge in [-0.2, -0.15) is 0 Å². The molecule has 0 unspecified atom stereocenters. The van der Waals surface area contributed by atoms with Crippen molar-refractivity contribution in [3.63, 3.8) is 0 Å². The van der Waals surface area contributed by atoms with E-state index in [1.165, 1.54) is 37.7 Å². The highest BCUT2D eigenvalue weighted by atomic mass is 32.1. The Morgan fingerprint density at radius 3 is 2.41 bits per heavy atom. The number of ether oxygens (including phenoxy) is 3. The minimum absolute atomic E-state index is 0.0347. The summed E-state index contributed by atoms with van der Waals surface area (Å²) in [5.41, 5.74) is 2.37. The lowest BCUT2D eigenvalue weighted by atomic mass is 10.1. The van der Waals surface area contributed by atoms with Crippen molar-refractivity contribution >= 4 is 34.7 Å². The molecule has 8 nitrogen and oxygen atoms in total. The van der Waals surface area contributed by atoms with E-state index in [9.17, 15) is 14.4 Å². The molecule has 0 saturated heterocycles. The number of nitrogens with one attached hydrogen (secondary N) is 1. The molecule has 0 aliphatic carbocycles. The zero-order valence-electron chi connectivity index (χ0n) is 19.5. The summed E-state index contributed by atoms with van der Waals surface area (Å²) in [6.07, 6.45) is 1.75. The predicted molar refractivity (Wildman–Crippen MR) is 131 cm³/mol. The van der Waals surface area contributed by atoms with Gasteiger partial charge in [-0.1, -0.05) is 12.1 Å². The van der Waals surface area contributed by atoms with E-state index < -0.39 is 12.6 Å². The first kappa shape index (κ1) is 24.8. The molecular formula is C25H26N2O6S. The number of carbonyl (C=O) groups is 3. The summed E-state index contributed by atoms with van der Waals surface area (Å²) in [6.45, 7) is 7.58. The van der Waals surface area contributed by atoms with Crippen molar-refractivity contribution in [3.8, 4) is 11.5 Å². The number of Topliss-reactive ketones (excluding diaryl/α,β-unsaturated/α-hetero) is 1. The lowest BCUT2D eigenvalue weighted by molar-refractivity contribution is 0.0475. The number of esters is 1. The number of amides is 1. The highest BCUT2D eigenvalue weighted by Gasteiger charge is 2.23. The first-order valence-electron chi connectivity index (χ1n) is 10.4. The van der Waals surface area contributed by atoms with Crippen molar-refractivity contribution in [3.05, 3.63) is 75.8 Å². The summed E-state index contributed by atoms with van der Waals surface area (Å²) < 4.78 is 17.9. The quantitative estimate of drug-likeness (QED) is 0.257. The molecular weight excluding hydrogens is 456 g/mol. The van der Waals surface area contributed by atoms with E-state index >= 15 is 0 Å². The molecule has 0 atom stereocenters. The normalized spacial score (nSPS) is 10.5. The molecule has 0 bridgehead atoms. The molecule has 3 aromatic rings. The molecule has 0 saturated carbocycles. The second-order valence-corrected chi connectivity index (χ2v) is 8.32. The van der Waals surface area contributed by atoms with Crippen molar-refractivity contribution in [1.82, 2.24) is 4.57 Å². The first-order valence-corrected chi connectivity index (χ1v) is 11.3. The number of allylic oxidation sites excluding steroid dienone is 1. The number of aryl methyl sites for hydroxylation is 1. The van der Waals surface area contributed by atoms with Crippen LogP contribution in [0.3, 0.4) is 0 Å². The zero-order chi connectivity index (χ0) is 24.8. The van der Waals surface area contributed by atoms with Gasteiger partial charge in [0, 0.05) is 35.6 Å². The van der Waals surface area contributed by atoms with Gasteiger partial charge in [0.05, 0.1) is 30.3 Å². The second-order valence-electron chi connectivity index (χ2n) is 7.37. The van der Waals surface area contributed by atoms with Gasteiger partial charge in [-0.15, -0.1) is 17.9 Å². The van der Waals surface area contributed by atoms with Gasteiger partial charge in [-0.25, -0.2) is 4.79 Å². The number of benzene rings is 1. The molecule has 1 aromatic carbocycles. The average Bonchev–Trinajstić information content (AvgIpc) is 3.47. The number of anilines is 1. The van der Waals surface area contributed by atoms with Gasteiger partial charge >= 0.3 is 5.97 Å². The van der Waals surface area contributed by atoms with E-state index in [0.717, 1.165) is 11.4 Å². The van der Waals surface area contributed by atoms with Crippen molar-refractivity contribution in [2.75, 3.05) is 26.1 Å². The summed E-state index contributed by atoms with van der Waals surface area (Å²) >= 11 is 1.26. The largest absolute Gasteiger partial charge is 0.493 e. The number of carbonyl (C=O) groups excluding carboxylic acids is 3. The van der Waals surface area contributed by atoms with Crippen LogP contribution in [0.4, 0.5) is 5.69 Å². The smallest absolute Gasteiger partial charge is 0.340 e. The number of thiophene rings is 1. The summed E-state index contributed by atoms with van der Waals surface area (Å²) in [7, 11) is 2.88. The molecule has 1 amide bonds. The van der Waals surface area contributed by atoms with Gasteiger partial charge in [0.15, 0.2) is 18.1 Å². The van der Waals surface area contributed by atoms with Crippen molar-refractivity contribution in [1.29, 1.82) is 0 Å². The van der Waals surface area contributed by atoms with Gasteiger partial charge in [0.1, 0.15) is 0 Å². The van der Waals surface area contributed by atoms with E-state index in [-0.39, 0.29) is 28.7 Å². The van der Waals surface area contributed by atoms with Crippen LogP contribution in [0.25, 0.3) is 0 Å². The summed E-state index contributed by atoms with van der Waals surface area (Å²) in [5.74, 6) is -0.895. The van der Waals surface area contributed by atoms with Crippen LogP contribution in [-0.2, 0) is 11.3 Å². The fraction of sp³-hybridized carbons (Fsp3) is 0.240. The van der Waals surface area contributed by atoms with E-state index in [4.69, 9.17) is 14.2 Å². The molecule has 2 aromatic heterocycles. The molecule has 1 N–H and O–H groups in total. The maximum Gasteiger partial charge on any atom is 0.340 e. The standard InChI is InChI=1S/C25H26N2O6S/c1-6-9-27-15(2)11-17(16(27)3)20(28)14-33-25(30)18-12-21(31-4)22(32-5)13-19(18)26-24(29)23-8-7-10-34-23/h6-8,10-13H,1,9,14H2,2-5H3,(H,26,29). The fourth-order valence-electron chi connectivity index (χ4n) is 3.52. The third kappa shape index (κ3) is 5.20. The lowest BCUT2D eigenvalue weighted by Crippen LogP contribution is -2.18. The molecule has 0 aliphatic rings. The Hall–Kier alpha value is -3.85. The number of rotatable bonds is 10. The fourth-order valence-corrected chi connectivity index (χ4v) is 4.14. The molecule has 0 spiro atoms. The van der Waals surface area contributed by atoms with Crippen LogP contribution in [0.5, 0.6) is 11.5 Å². The Labute approximate surface area is 201 Å². The Balaban J connectivity index is 1.84. The minimum atomic E-state index is -0.782. The Kier molecular flexibility index (Phi) is 7.91. The van der Waals surface area contributed by atoms with Crippen LogP contribution in [0.15, 0.2) is 48.4 Å². The number of nitrogens with zero attached hydrogens (tertiary/aromatic N) is 1. The molecule has 34 heavy (non-hydrogen) atoms. The van der Waals surface area contributed by atoms with E-state index in [2.05, 4.69) is 11.9 Å². The second kappa shape index (κ2) is 10.8. The summed E-state index contributed by atoms with van der Waals surface area (Å²) in [4.78, 5) is 38.8. The Morgan fingerprint density at radius 2 is 1.79 bits per heavy atom. The molecule has 0 radical (unpaired) electrons. The van der Waals surface area contributed by atoms with Gasteiger partial charge in [0.25, 0.3) is 5.91 Å². The third-order valence-corrected chi connectivity index (χ3v) is 6.13. The molecule has 3 rings (SSSR count). The number of aromatic nitrogens is 1. The van der Waals surface area contributed by atoms with Crippen molar-refractivity contribution in [2.45, 2.75) is 20.4 Å². The summed E-state index contributed by atoms with van der Waals surface area (Å²) in [6, 6.07) is 8.07. The van der Waals surface area contributed by atoms with Crippen LogP contribution in [-0.4, -0.2) is 43.1 Å². The van der Waals surface area contributed by atoms with Crippen molar-refractivity contribution < 1.29 is 28.6 Å². The first-order chi connectivity index (χ1) is 16.3. The molecule has 2 heterocycles. The van der Waals surface area contributed by atoms with Crippen LogP contribution in [0, 0.1) is 13.8 Å². The molecule has 0 aliphatic heterocycles. The van der Waals surface area contributed by atoms with Gasteiger partial charge < -0.3 is 24.1 Å². The van der Waals surface area contributed by atoms with Gasteiger partial charge in [0.2, 0.25) is 5.78 Å². The van der Waals surface area contributed by atoms with Gasteiger partial charge in [-0.3, -0.25) is 9.59 Å². The SMILES string of the molecule is C=CCn1c(C)cc(C(=O)COC(=O)c2cc(OC)c(OC)cc2NC(=O)c2cccs2)c1C. The molecule has 0 fully saturated rings. The molecule has 178 valence electrons. The van der Waals surface area contributed by atoms with Crippen LogP contribution in [0.1, 0.15) is 41.8 Å². The van der Waals surface area contributed by atoms with Crippen LogP contribution in [0.2, 0.25) is 0 Å². The molecule has 9 heteroatoms. The van der Waals surface area contributed by atoms with E-state index in [0.29, 0.717) is 22.7 Å². The maximum atomic E-state index is 13.0. The van der Waals surface area contributed by atoms with Crippen LogP contribution >= 0.6 is 11.3 Å². The minimum Gasteiger partial charge on any atom is -0.493 e. The van der Waals surface area contributed by atoms with Crippen LogP contribution < -0.4 is 14.8 Å². The van der Waals surface area contributed by atoms with Crippen molar-refractivity contribution in [2.24, 2.45) is 0 Å². The predicted octanol–water partition coefficient (Wildman–Crippen LogP) is 4.66. The topological polar surface area (TPSA) is 95.9 Å². The highest BCUT2D eigenvalue weighted by Crippen LogP contribution is 2.34. The third-order valence-electron chi connectivity index (χ3n) is 5.26.